The molecule has 0 radical (unpaired) electrons. The van der Waals surface area contributed by atoms with Gasteiger partial charge in [-0.3, -0.25) is 14.2 Å². The van der Waals surface area contributed by atoms with Gasteiger partial charge in [0, 0.05) is 11.8 Å². The molecule has 2 rings (SSSR count). The van der Waals surface area contributed by atoms with Crippen molar-refractivity contribution in [3.05, 3.63) is 52.7 Å². The molecule has 0 spiro atoms. The number of hydrogen-bond acceptors (Lipinski definition) is 4. The van der Waals surface area contributed by atoms with Crippen molar-refractivity contribution in [2.45, 2.75) is 13.5 Å². The van der Waals surface area contributed by atoms with Crippen LogP contribution in [-0.4, -0.2) is 15.5 Å². The number of carbonyl (C=O) groups is 1. The van der Waals surface area contributed by atoms with E-state index in [4.69, 9.17) is 5.73 Å². The molecule has 0 bridgehead atoms. The predicted octanol–water partition coefficient (Wildman–Crippen LogP) is 0.773. The summed E-state index contributed by atoms with van der Waals surface area (Å²) in [4.78, 5) is 27.4. The second-order valence-corrected chi connectivity index (χ2v) is 4.13. The number of benzene rings is 1. The lowest BCUT2D eigenvalue weighted by Gasteiger charge is -2.09. The highest BCUT2D eigenvalue weighted by molar-refractivity contribution is 5.93. The average molecular weight is 258 g/mol. The number of nitrogen functional groups attached to an aromatic ring is 1. The zero-order chi connectivity index (χ0) is 13.8. The summed E-state index contributed by atoms with van der Waals surface area (Å²) in [5, 5.41) is 2.65. The summed E-state index contributed by atoms with van der Waals surface area (Å²) in [6.07, 6.45) is 1.35. The van der Waals surface area contributed by atoms with Gasteiger partial charge in [0.25, 0.3) is 5.56 Å². The highest BCUT2D eigenvalue weighted by Crippen LogP contribution is 2.16. The van der Waals surface area contributed by atoms with Gasteiger partial charge in [-0.25, -0.2) is 4.98 Å². The first-order valence-corrected chi connectivity index (χ1v) is 5.74. The quantitative estimate of drug-likeness (QED) is 0.796. The summed E-state index contributed by atoms with van der Waals surface area (Å²) in [6.45, 7) is 1.62. The van der Waals surface area contributed by atoms with Gasteiger partial charge < -0.3 is 11.1 Å². The Balaban J connectivity index is 2.10. The van der Waals surface area contributed by atoms with Crippen LogP contribution in [0.5, 0.6) is 0 Å². The second-order valence-electron chi connectivity index (χ2n) is 4.13. The van der Waals surface area contributed by atoms with E-state index in [1.54, 1.807) is 31.2 Å². The minimum Gasteiger partial charge on any atom is -0.397 e. The number of nitrogens with two attached hydrogens (primary N) is 1. The van der Waals surface area contributed by atoms with Crippen LogP contribution < -0.4 is 16.6 Å². The number of aryl methyl sites for hydroxylation is 1. The van der Waals surface area contributed by atoms with Gasteiger partial charge in [0.05, 0.1) is 17.7 Å². The van der Waals surface area contributed by atoms with Crippen LogP contribution in [0, 0.1) is 6.92 Å². The third-order valence-electron chi connectivity index (χ3n) is 2.57. The molecule has 0 aliphatic rings. The maximum absolute atomic E-state index is 11.8. The second kappa shape index (κ2) is 5.34. The molecule has 6 nitrogen and oxygen atoms in total. The minimum atomic E-state index is -0.328. The molecule has 2 aromatic rings. The topological polar surface area (TPSA) is 90.0 Å². The SMILES string of the molecule is Cc1cc(=O)n(CC(=O)Nc2ccccc2N)cn1. The molecule has 0 aliphatic carbocycles. The van der Waals surface area contributed by atoms with Gasteiger partial charge in [-0.15, -0.1) is 0 Å². The minimum absolute atomic E-state index is 0.0968. The van der Waals surface area contributed by atoms with Crippen LogP contribution in [0.2, 0.25) is 0 Å². The highest BCUT2D eigenvalue weighted by atomic mass is 16.2. The summed E-state index contributed by atoms with van der Waals surface area (Å²) >= 11 is 0. The number of amides is 1. The van der Waals surface area contributed by atoms with E-state index in [1.807, 2.05) is 0 Å². The largest absolute Gasteiger partial charge is 0.397 e. The van der Waals surface area contributed by atoms with E-state index < -0.39 is 0 Å². The Morgan fingerprint density at radius 1 is 1.42 bits per heavy atom. The van der Waals surface area contributed by atoms with E-state index in [0.717, 1.165) is 0 Å². The molecular formula is C13H14N4O2. The molecule has 1 amide bonds. The van der Waals surface area contributed by atoms with Crippen molar-refractivity contribution in [1.29, 1.82) is 0 Å². The third kappa shape index (κ3) is 3.19. The molecule has 0 saturated heterocycles. The smallest absolute Gasteiger partial charge is 0.253 e. The van der Waals surface area contributed by atoms with Gasteiger partial charge in [-0.1, -0.05) is 12.1 Å². The summed E-state index contributed by atoms with van der Waals surface area (Å²) < 4.78 is 1.24. The van der Waals surface area contributed by atoms with Gasteiger partial charge in [0.2, 0.25) is 5.91 Å². The van der Waals surface area contributed by atoms with Gasteiger partial charge in [-0.2, -0.15) is 0 Å². The third-order valence-corrected chi connectivity index (χ3v) is 2.57. The molecule has 0 saturated carbocycles. The molecule has 1 heterocycles. The summed E-state index contributed by atoms with van der Waals surface area (Å²) in [6, 6.07) is 8.31. The zero-order valence-electron chi connectivity index (χ0n) is 10.5. The highest BCUT2D eigenvalue weighted by Gasteiger charge is 2.07. The molecule has 98 valence electrons. The van der Waals surface area contributed by atoms with Crippen molar-refractivity contribution >= 4 is 17.3 Å². The predicted molar refractivity (Wildman–Crippen MR) is 72.7 cm³/mol. The number of rotatable bonds is 3. The monoisotopic (exact) mass is 258 g/mol. The fourth-order valence-corrected chi connectivity index (χ4v) is 1.59. The van der Waals surface area contributed by atoms with Gasteiger partial charge in [-0.05, 0) is 19.1 Å². The van der Waals surface area contributed by atoms with Crippen LogP contribution in [0.3, 0.4) is 0 Å². The van der Waals surface area contributed by atoms with Gasteiger partial charge in [0.15, 0.2) is 0 Å². The lowest BCUT2D eigenvalue weighted by Crippen LogP contribution is -2.27. The van der Waals surface area contributed by atoms with Crippen LogP contribution >= 0.6 is 0 Å². The van der Waals surface area contributed by atoms with E-state index in [0.29, 0.717) is 17.1 Å². The summed E-state index contributed by atoms with van der Waals surface area (Å²) in [7, 11) is 0. The van der Waals surface area contributed by atoms with Crippen LogP contribution in [0.15, 0.2) is 41.5 Å². The first-order chi connectivity index (χ1) is 9.06. The average Bonchev–Trinajstić information content (AvgIpc) is 2.36. The Morgan fingerprint density at radius 2 is 2.16 bits per heavy atom. The molecule has 0 aliphatic heterocycles. The number of hydrogen-bond donors (Lipinski definition) is 2. The number of nitrogens with zero attached hydrogens (tertiary/aromatic N) is 2. The fourth-order valence-electron chi connectivity index (χ4n) is 1.59. The van der Waals surface area contributed by atoms with Gasteiger partial charge in [0.1, 0.15) is 6.54 Å². The molecule has 1 aromatic heterocycles. The number of aromatic nitrogens is 2. The van der Waals surface area contributed by atoms with E-state index in [2.05, 4.69) is 10.3 Å². The van der Waals surface area contributed by atoms with Gasteiger partial charge >= 0.3 is 0 Å². The van der Waals surface area contributed by atoms with E-state index in [1.165, 1.54) is 17.0 Å². The van der Waals surface area contributed by atoms with Crippen molar-refractivity contribution < 1.29 is 4.79 Å². The first kappa shape index (κ1) is 12.8. The number of para-hydroxylation sites is 2. The first-order valence-electron chi connectivity index (χ1n) is 5.74. The van der Waals surface area contributed by atoms with Crippen molar-refractivity contribution in [1.82, 2.24) is 9.55 Å². The van der Waals surface area contributed by atoms with Crippen molar-refractivity contribution in [3.63, 3.8) is 0 Å². The number of carbonyl (C=O) groups excluding carboxylic acids is 1. The van der Waals surface area contributed by atoms with E-state index >= 15 is 0 Å². The fraction of sp³-hybridized carbons (Fsp3) is 0.154. The maximum atomic E-state index is 11.8. The van der Waals surface area contributed by atoms with Crippen LogP contribution in [-0.2, 0) is 11.3 Å². The Hall–Kier alpha value is -2.63. The Kier molecular flexibility index (Phi) is 3.61. The Morgan fingerprint density at radius 3 is 2.84 bits per heavy atom. The molecule has 0 fully saturated rings. The number of anilines is 2. The normalized spacial score (nSPS) is 10.2. The summed E-state index contributed by atoms with van der Waals surface area (Å²) in [5.74, 6) is -0.328. The van der Waals surface area contributed by atoms with Crippen molar-refractivity contribution in [2.24, 2.45) is 0 Å². The molecule has 6 heteroatoms. The molecule has 19 heavy (non-hydrogen) atoms. The van der Waals surface area contributed by atoms with E-state index in [9.17, 15) is 9.59 Å². The van der Waals surface area contributed by atoms with Crippen molar-refractivity contribution in [2.75, 3.05) is 11.1 Å². The van der Waals surface area contributed by atoms with Crippen LogP contribution in [0.1, 0.15) is 5.69 Å². The van der Waals surface area contributed by atoms with Crippen LogP contribution in [0.25, 0.3) is 0 Å². The molecule has 0 unspecified atom stereocenters. The zero-order valence-corrected chi connectivity index (χ0v) is 10.5. The molecule has 1 aromatic carbocycles. The van der Waals surface area contributed by atoms with Crippen LogP contribution in [0.4, 0.5) is 11.4 Å². The van der Waals surface area contributed by atoms with E-state index in [-0.39, 0.29) is 18.0 Å². The lowest BCUT2D eigenvalue weighted by atomic mass is 10.2. The maximum Gasteiger partial charge on any atom is 0.253 e. The summed E-state index contributed by atoms with van der Waals surface area (Å²) in [5.41, 5.74) is 7.08. The molecule has 0 atom stereocenters. The lowest BCUT2D eigenvalue weighted by molar-refractivity contribution is -0.116. The van der Waals surface area contributed by atoms with Crippen molar-refractivity contribution in [3.8, 4) is 0 Å². The molecule has 3 N–H and O–H groups in total. The number of nitrogens with one attached hydrogen (secondary N) is 1. The standard InChI is InChI=1S/C13H14N4O2/c1-9-6-13(19)17(8-15-9)7-12(18)16-11-5-3-2-4-10(11)14/h2-6,8H,7,14H2,1H3,(H,16,18). The Bertz CT molecular complexity index is 664. The Labute approximate surface area is 109 Å². The molecular weight excluding hydrogens is 244 g/mol.